The molecule has 2 N–H and O–H groups in total. The Morgan fingerprint density at radius 1 is 1.34 bits per heavy atom. The van der Waals surface area contributed by atoms with Gasteiger partial charge in [0.05, 0.1) is 5.02 Å². The molecule has 0 bridgehead atoms. The Kier molecular flexibility index (Phi) is 6.48. The first-order chi connectivity index (χ1) is 13.6. The van der Waals surface area contributed by atoms with Crippen molar-refractivity contribution >= 4 is 34.2 Å². The van der Waals surface area contributed by atoms with Gasteiger partial charge in [0.15, 0.2) is 11.1 Å². The maximum Gasteiger partial charge on any atom is 0.405 e. The van der Waals surface area contributed by atoms with Crippen molar-refractivity contribution in [1.29, 1.82) is 0 Å². The van der Waals surface area contributed by atoms with Crippen molar-refractivity contribution in [2.24, 2.45) is 11.1 Å². The van der Waals surface area contributed by atoms with Crippen molar-refractivity contribution in [3.63, 3.8) is 0 Å². The standard InChI is InChI=1S/C19H24ClFN4O3S/c1-19(2,3)15(28-17(22)26)16-23-24-18(29-16)25-8-6-12(7-9-25)27-14-10-11(21)4-5-13(14)20/h4-5,10,12,15H,6-9H2,1-3H3,(H2,22,26). The molecule has 0 saturated carbocycles. The largest absolute Gasteiger partial charge is 0.489 e. The van der Waals surface area contributed by atoms with E-state index in [1.165, 1.54) is 29.5 Å². The number of amides is 1. The number of hydrogen-bond donors (Lipinski definition) is 1. The Morgan fingerprint density at radius 2 is 2.03 bits per heavy atom. The Hall–Kier alpha value is -2.13. The molecule has 1 saturated heterocycles. The number of halogens is 2. The normalized spacial score (nSPS) is 16.5. The van der Waals surface area contributed by atoms with E-state index in [0.29, 0.717) is 28.9 Å². The van der Waals surface area contributed by atoms with E-state index >= 15 is 0 Å². The van der Waals surface area contributed by atoms with E-state index in [1.54, 1.807) is 0 Å². The van der Waals surface area contributed by atoms with Crippen LogP contribution in [-0.4, -0.2) is 35.5 Å². The third kappa shape index (κ3) is 5.48. The molecule has 0 radical (unpaired) electrons. The molecule has 1 aliphatic heterocycles. The second-order valence-corrected chi connectivity index (χ2v) is 9.38. The second kappa shape index (κ2) is 8.71. The van der Waals surface area contributed by atoms with Gasteiger partial charge < -0.3 is 20.1 Å². The minimum absolute atomic E-state index is 0.0570. The third-order valence-electron chi connectivity index (χ3n) is 4.57. The highest BCUT2D eigenvalue weighted by atomic mass is 35.5. The molecule has 1 atom stereocenters. The van der Waals surface area contributed by atoms with Crippen LogP contribution in [0.25, 0.3) is 0 Å². The molecule has 1 unspecified atom stereocenters. The number of ether oxygens (including phenoxy) is 2. The number of piperidine rings is 1. The summed E-state index contributed by atoms with van der Waals surface area (Å²) < 4.78 is 24.6. The van der Waals surface area contributed by atoms with E-state index in [0.717, 1.165) is 18.0 Å². The molecule has 158 valence electrons. The molecule has 2 aromatic rings. The van der Waals surface area contributed by atoms with E-state index in [4.69, 9.17) is 26.8 Å². The summed E-state index contributed by atoms with van der Waals surface area (Å²) in [5.74, 6) is -0.0188. The smallest absolute Gasteiger partial charge is 0.405 e. The van der Waals surface area contributed by atoms with Crippen molar-refractivity contribution in [2.45, 2.75) is 45.8 Å². The van der Waals surface area contributed by atoms with E-state index in [1.807, 2.05) is 20.8 Å². The van der Waals surface area contributed by atoms with Gasteiger partial charge in [0.2, 0.25) is 5.13 Å². The molecule has 1 aromatic carbocycles. The molecular formula is C19H24ClFN4O3S. The highest BCUT2D eigenvalue weighted by Gasteiger charge is 2.34. The first kappa shape index (κ1) is 21.6. The minimum Gasteiger partial charge on any atom is -0.489 e. The molecule has 29 heavy (non-hydrogen) atoms. The first-order valence-electron chi connectivity index (χ1n) is 9.29. The predicted molar refractivity (Wildman–Crippen MR) is 110 cm³/mol. The Bertz CT molecular complexity index is 865. The Morgan fingerprint density at radius 3 is 2.66 bits per heavy atom. The average molecular weight is 443 g/mol. The Labute approximate surface area is 178 Å². The lowest BCUT2D eigenvalue weighted by atomic mass is 9.89. The van der Waals surface area contributed by atoms with Crippen molar-refractivity contribution in [3.8, 4) is 5.75 Å². The SMILES string of the molecule is CC(C)(C)C(OC(N)=O)c1nnc(N2CCC(Oc3cc(F)ccc3Cl)CC2)s1. The van der Waals surface area contributed by atoms with Gasteiger partial charge in [0.25, 0.3) is 0 Å². The molecule has 7 nitrogen and oxygen atoms in total. The zero-order chi connectivity index (χ0) is 21.2. The maximum atomic E-state index is 13.4. The number of carbonyl (C=O) groups is 1. The summed E-state index contributed by atoms with van der Waals surface area (Å²) in [7, 11) is 0. The van der Waals surface area contributed by atoms with Crippen LogP contribution in [0.1, 0.15) is 44.7 Å². The van der Waals surface area contributed by atoms with E-state index in [9.17, 15) is 9.18 Å². The minimum atomic E-state index is -0.837. The van der Waals surface area contributed by atoms with Gasteiger partial charge in [0, 0.05) is 37.4 Å². The molecule has 2 heterocycles. The van der Waals surface area contributed by atoms with Crippen LogP contribution >= 0.6 is 22.9 Å². The summed E-state index contributed by atoms with van der Waals surface area (Å²) >= 11 is 7.47. The molecular weight excluding hydrogens is 419 g/mol. The van der Waals surface area contributed by atoms with Gasteiger partial charge in [-0.1, -0.05) is 43.7 Å². The number of nitrogens with two attached hydrogens (primary N) is 1. The summed E-state index contributed by atoms with van der Waals surface area (Å²) in [5.41, 5.74) is 4.85. The number of carbonyl (C=O) groups excluding carboxylic acids is 1. The molecule has 10 heteroatoms. The lowest BCUT2D eigenvalue weighted by Crippen LogP contribution is -2.38. The van der Waals surface area contributed by atoms with Crippen molar-refractivity contribution in [2.75, 3.05) is 18.0 Å². The fourth-order valence-electron chi connectivity index (χ4n) is 3.09. The van der Waals surface area contributed by atoms with Crippen LogP contribution < -0.4 is 15.4 Å². The molecule has 1 amide bonds. The van der Waals surface area contributed by atoms with Crippen LogP contribution in [0.15, 0.2) is 18.2 Å². The van der Waals surface area contributed by atoms with Crippen LogP contribution in [0.2, 0.25) is 5.02 Å². The van der Waals surface area contributed by atoms with Crippen molar-refractivity contribution in [3.05, 3.63) is 34.0 Å². The van der Waals surface area contributed by atoms with Crippen LogP contribution in [0, 0.1) is 11.2 Å². The molecule has 1 aromatic heterocycles. The zero-order valence-electron chi connectivity index (χ0n) is 16.5. The van der Waals surface area contributed by atoms with Gasteiger partial charge >= 0.3 is 6.09 Å². The van der Waals surface area contributed by atoms with E-state index < -0.39 is 12.2 Å². The molecule has 0 spiro atoms. The number of nitrogens with zero attached hydrogens (tertiary/aromatic N) is 3. The van der Waals surface area contributed by atoms with E-state index in [-0.39, 0.29) is 17.3 Å². The summed E-state index contributed by atoms with van der Waals surface area (Å²) in [6.07, 6.45) is 0.0150. The number of primary amides is 1. The van der Waals surface area contributed by atoms with Gasteiger partial charge in [-0.15, -0.1) is 10.2 Å². The summed E-state index contributed by atoms with van der Waals surface area (Å²) in [6.45, 7) is 7.26. The van der Waals surface area contributed by atoms with Gasteiger partial charge in [-0.25, -0.2) is 9.18 Å². The van der Waals surface area contributed by atoms with Crippen LogP contribution in [0.5, 0.6) is 5.75 Å². The quantitative estimate of drug-likeness (QED) is 0.729. The number of benzene rings is 1. The highest BCUT2D eigenvalue weighted by molar-refractivity contribution is 7.15. The van der Waals surface area contributed by atoms with E-state index in [2.05, 4.69) is 15.1 Å². The third-order valence-corrected chi connectivity index (χ3v) is 5.91. The highest BCUT2D eigenvalue weighted by Crippen LogP contribution is 2.39. The van der Waals surface area contributed by atoms with Gasteiger partial charge in [-0.3, -0.25) is 0 Å². The topological polar surface area (TPSA) is 90.6 Å². The summed E-state index contributed by atoms with van der Waals surface area (Å²) in [6, 6.07) is 4.10. The van der Waals surface area contributed by atoms with Crippen LogP contribution in [0.4, 0.5) is 14.3 Å². The fraction of sp³-hybridized carbons (Fsp3) is 0.526. The number of anilines is 1. The van der Waals surface area contributed by atoms with Crippen molar-refractivity contribution in [1.82, 2.24) is 10.2 Å². The second-order valence-electron chi connectivity index (χ2n) is 7.98. The molecule has 3 rings (SSSR count). The fourth-order valence-corrected chi connectivity index (χ4v) is 4.42. The lowest BCUT2D eigenvalue weighted by Gasteiger charge is -2.32. The van der Waals surface area contributed by atoms with Crippen LogP contribution in [0.3, 0.4) is 0 Å². The lowest BCUT2D eigenvalue weighted by molar-refractivity contribution is 0.0354. The van der Waals surface area contributed by atoms with Crippen molar-refractivity contribution < 1.29 is 18.7 Å². The molecule has 1 aliphatic rings. The summed E-state index contributed by atoms with van der Waals surface area (Å²) in [5, 5.41) is 10.2. The van der Waals surface area contributed by atoms with Gasteiger partial charge in [-0.05, 0) is 12.1 Å². The first-order valence-corrected chi connectivity index (χ1v) is 10.5. The number of rotatable bonds is 5. The van der Waals surface area contributed by atoms with Crippen LogP contribution in [-0.2, 0) is 4.74 Å². The molecule has 1 fully saturated rings. The average Bonchev–Trinajstić information content (AvgIpc) is 3.12. The predicted octanol–water partition coefficient (Wildman–Crippen LogP) is 4.56. The van der Waals surface area contributed by atoms with Gasteiger partial charge in [-0.2, -0.15) is 0 Å². The summed E-state index contributed by atoms with van der Waals surface area (Å²) in [4.78, 5) is 13.4. The maximum absolute atomic E-state index is 13.4. The number of hydrogen-bond acceptors (Lipinski definition) is 7. The Balaban J connectivity index is 1.63. The number of aromatic nitrogens is 2. The molecule has 0 aliphatic carbocycles. The monoisotopic (exact) mass is 442 g/mol. The van der Waals surface area contributed by atoms with Gasteiger partial charge in [0.1, 0.15) is 17.7 Å². The zero-order valence-corrected chi connectivity index (χ0v) is 18.1.